The van der Waals surface area contributed by atoms with Crippen molar-refractivity contribution in [3.05, 3.63) is 41.0 Å². The summed E-state index contributed by atoms with van der Waals surface area (Å²) in [5.41, 5.74) is 2.28. The highest BCUT2D eigenvalue weighted by atomic mass is 16.5. The molecule has 1 atom stereocenters. The van der Waals surface area contributed by atoms with E-state index in [0.29, 0.717) is 17.3 Å². The van der Waals surface area contributed by atoms with Crippen LogP contribution in [0.25, 0.3) is 0 Å². The number of nitrogens with one attached hydrogen (secondary N) is 2. The van der Waals surface area contributed by atoms with Gasteiger partial charge in [-0.1, -0.05) is 5.16 Å². The van der Waals surface area contributed by atoms with E-state index in [1.807, 2.05) is 36.9 Å². The zero-order chi connectivity index (χ0) is 22.7. The third-order valence-corrected chi connectivity index (χ3v) is 6.74. The summed E-state index contributed by atoms with van der Waals surface area (Å²) in [4.78, 5) is 31.8. The van der Waals surface area contributed by atoms with Gasteiger partial charge in [-0.15, -0.1) is 0 Å². The molecule has 1 saturated heterocycles. The number of anilines is 1. The Morgan fingerprint density at radius 3 is 2.53 bits per heavy atom. The minimum atomic E-state index is -0.214. The van der Waals surface area contributed by atoms with Gasteiger partial charge in [0.2, 0.25) is 5.89 Å². The number of benzene rings is 1. The number of aromatic nitrogens is 2. The molecule has 4 rings (SSSR count). The molecule has 1 aliphatic carbocycles. The molecule has 0 radical (unpaired) electrons. The van der Waals surface area contributed by atoms with Crippen molar-refractivity contribution in [2.45, 2.75) is 83.7 Å². The lowest BCUT2D eigenvalue weighted by atomic mass is 9.86. The second-order valence-electron chi connectivity index (χ2n) is 9.20. The first-order valence-corrected chi connectivity index (χ1v) is 11.7. The maximum absolute atomic E-state index is 12.9. The molecule has 8 nitrogen and oxygen atoms in total. The molecule has 2 heterocycles. The van der Waals surface area contributed by atoms with Crippen molar-refractivity contribution in [1.29, 1.82) is 0 Å². The van der Waals surface area contributed by atoms with Crippen LogP contribution in [-0.2, 0) is 0 Å². The third-order valence-electron chi connectivity index (χ3n) is 6.74. The van der Waals surface area contributed by atoms with E-state index in [1.54, 1.807) is 0 Å². The molecular formula is C24H33N5O3. The van der Waals surface area contributed by atoms with Crippen LogP contribution < -0.4 is 10.6 Å². The van der Waals surface area contributed by atoms with E-state index < -0.39 is 0 Å². The van der Waals surface area contributed by atoms with Crippen LogP contribution >= 0.6 is 0 Å². The van der Waals surface area contributed by atoms with Crippen LogP contribution in [0.1, 0.15) is 85.4 Å². The standard InChI is InChI=1S/C24H33N5O3/c1-15-14-19(23(30)29-13-5-4-6-16(29)2)9-12-21(15)27-24(31)26-20-10-7-18(8-11-20)22-25-17(3)28-32-22/h9,12,14,16,18,20H,4-8,10-11,13H2,1-3H3,(H2,26,27,31). The highest BCUT2D eigenvalue weighted by Gasteiger charge is 2.27. The van der Waals surface area contributed by atoms with Gasteiger partial charge in [0.15, 0.2) is 5.82 Å². The highest BCUT2D eigenvalue weighted by Crippen LogP contribution is 2.32. The van der Waals surface area contributed by atoms with Gasteiger partial charge >= 0.3 is 6.03 Å². The topological polar surface area (TPSA) is 100 Å². The van der Waals surface area contributed by atoms with Gasteiger partial charge in [-0.05, 0) is 89.5 Å². The van der Waals surface area contributed by atoms with E-state index in [-0.39, 0.29) is 29.9 Å². The predicted octanol–water partition coefficient (Wildman–Crippen LogP) is 4.55. The summed E-state index contributed by atoms with van der Waals surface area (Å²) in [6.07, 6.45) is 6.88. The molecule has 1 aromatic heterocycles. The summed E-state index contributed by atoms with van der Waals surface area (Å²) in [5.74, 6) is 1.71. The Balaban J connectivity index is 1.29. The largest absolute Gasteiger partial charge is 0.339 e. The van der Waals surface area contributed by atoms with E-state index in [9.17, 15) is 9.59 Å². The molecule has 0 spiro atoms. The minimum Gasteiger partial charge on any atom is -0.339 e. The highest BCUT2D eigenvalue weighted by molar-refractivity contribution is 5.96. The van der Waals surface area contributed by atoms with Crippen LogP contribution in [0.3, 0.4) is 0 Å². The third kappa shape index (κ3) is 5.11. The summed E-state index contributed by atoms with van der Waals surface area (Å²) in [6, 6.07) is 5.69. The van der Waals surface area contributed by atoms with Crippen LogP contribution in [0.5, 0.6) is 0 Å². The molecule has 0 bridgehead atoms. The van der Waals surface area contributed by atoms with Crippen molar-refractivity contribution in [1.82, 2.24) is 20.4 Å². The zero-order valence-electron chi connectivity index (χ0n) is 19.2. The monoisotopic (exact) mass is 439 g/mol. The maximum atomic E-state index is 12.9. The molecule has 2 N–H and O–H groups in total. The number of carbonyl (C=O) groups is 2. The fourth-order valence-electron chi connectivity index (χ4n) is 4.81. The molecule has 32 heavy (non-hydrogen) atoms. The molecule has 172 valence electrons. The second kappa shape index (κ2) is 9.71. The summed E-state index contributed by atoms with van der Waals surface area (Å²) in [5, 5.41) is 9.89. The van der Waals surface area contributed by atoms with Gasteiger partial charge in [-0.3, -0.25) is 4.79 Å². The number of likely N-dealkylation sites (tertiary alicyclic amines) is 1. The molecular weight excluding hydrogens is 406 g/mol. The van der Waals surface area contributed by atoms with Crippen molar-refractivity contribution < 1.29 is 14.1 Å². The maximum Gasteiger partial charge on any atom is 0.319 e. The minimum absolute atomic E-state index is 0.0736. The van der Waals surface area contributed by atoms with Crippen molar-refractivity contribution in [2.75, 3.05) is 11.9 Å². The van der Waals surface area contributed by atoms with Crippen molar-refractivity contribution >= 4 is 17.6 Å². The number of piperidine rings is 1. The average Bonchev–Trinajstić information content (AvgIpc) is 3.22. The number of hydrogen-bond acceptors (Lipinski definition) is 5. The Kier molecular flexibility index (Phi) is 6.77. The lowest BCUT2D eigenvalue weighted by molar-refractivity contribution is 0.0635. The van der Waals surface area contributed by atoms with E-state index >= 15 is 0 Å². The van der Waals surface area contributed by atoms with E-state index in [4.69, 9.17) is 4.52 Å². The molecule has 2 aliphatic rings. The normalized spacial score (nSPS) is 23.6. The van der Waals surface area contributed by atoms with E-state index in [0.717, 1.165) is 56.3 Å². The molecule has 1 aromatic carbocycles. The lowest BCUT2D eigenvalue weighted by Crippen LogP contribution is -2.42. The Labute approximate surface area is 189 Å². The van der Waals surface area contributed by atoms with Crippen LogP contribution in [-0.4, -0.2) is 45.6 Å². The van der Waals surface area contributed by atoms with E-state index in [2.05, 4.69) is 27.7 Å². The predicted molar refractivity (Wildman–Crippen MR) is 122 cm³/mol. The molecule has 1 aliphatic heterocycles. The van der Waals surface area contributed by atoms with Crippen molar-refractivity contribution in [3.8, 4) is 0 Å². The van der Waals surface area contributed by atoms with Crippen molar-refractivity contribution in [2.24, 2.45) is 0 Å². The zero-order valence-corrected chi connectivity index (χ0v) is 19.2. The molecule has 1 saturated carbocycles. The SMILES string of the molecule is Cc1noc(C2CCC(NC(=O)Nc3ccc(C(=O)N4CCCCC4C)cc3C)CC2)n1. The Morgan fingerprint density at radius 2 is 1.88 bits per heavy atom. The lowest BCUT2D eigenvalue weighted by Gasteiger charge is -2.33. The number of urea groups is 1. The Hall–Kier alpha value is -2.90. The van der Waals surface area contributed by atoms with Gasteiger partial charge in [0, 0.05) is 35.8 Å². The van der Waals surface area contributed by atoms with Gasteiger partial charge in [-0.2, -0.15) is 4.98 Å². The molecule has 8 heteroatoms. The number of carbonyl (C=O) groups excluding carboxylic acids is 2. The van der Waals surface area contributed by atoms with Gasteiger partial charge in [0.1, 0.15) is 0 Å². The fraction of sp³-hybridized carbons (Fsp3) is 0.583. The summed E-state index contributed by atoms with van der Waals surface area (Å²) >= 11 is 0. The second-order valence-corrected chi connectivity index (χ2v) is 9.20. The quantitative estimate of drug-likeness (QED) is 0.728. The van der Waals surface area contributed by atoms with Gasteiger partial charge in [0.25, 0.3) is 5.91 Å². The number of rotatable bonds is 4. The summed E-state index contributed by atoms with van der Waals surface area (Å²) in [6.45, 7) is 6.67. The van der Waals surface area contributed by atoms with E-state index in [1.165, 1.54) is 6.42 Å². The average molecular weight is 440 g/mol. The molecule has 2 aromatic rings. The first-order valence-electron chi connectivity index (χ1n) is 11.7. The van der Waals surface area contributed by atoms with Crippen LogP contribution in [0.15, 0.2) is 22.7 Å². The number of nitrogens with zero attached hydrogens (tertiary/aromatic N) is 3. The molecule has 3 amide bonds. The van der Waals surface area contributed by atoms with Crippen LogP contribution in [0.2, 0.25) is 0 Å². The Morgan fingerprint density at radius 1 is 1.09 bits per heavy atom. The van der Waals surface area contributed by atoms with Crippen LogP contribution in [0, 0.1) is 13.8 Å². The first kappa shape index (κ1) is 22.3. The van der Waals surface area contributed by atoms with Gasteiger partial charge in [-0.25, -0.2) is 4.79 Å². The molecule has 2 fully saturated rings. The van der Waals surface area contributed by atoms with Crippen LogP contribution in [0.4, 0.5) is 10.5 Å². The number of amides is 3. The summed E-state index contributed by atoms with van der Waals surface area (Å²) < 4.78 is 5.30. The summed E-state index contributed by atoms with van der Waals surface area (Å²) in [7, 11) is 0. The Bertz CT molecular complexity index is 964. The molecule has 1 unspecified atom stereocenters. The number of aryl methyl sites for hydroxylation is 2. The number of hydrogen-bond donors (Lipinski definition) is 2. The first-order chi connectivity index (χ1) is 15.4. The smallest absolute Gasteiger partial charge is 0.319 e. The van der Waals surface area contributed by atoms with Gasteiger partial charge < -0.3 is 20.1 Å². The van der Waals surface area contributed by atoms with Gasteiger partial charge in [0.05, 0.1) is 0 Å². The fourth-order valence-corrected chi connectivity index (χ4v) is 4.81. The van der Waals surface area contributed by atoms with Crippen molar-refractivity contribution in [3.63, 3.8) is 0 Å².